The van der Waals surface area contributed by atoms with E-state index in [0.717, 1.165) is 17.1 Å². The second kappa shape index (κ2) is 7.98. The third-order valence-corrected chi connectivity index (χ3v) is 4.82. The molecule has 1 amide bonds. The van der Waals surface area contributed by atoms with Crippen LogP contribution in [0.1, 0.15) is 20.3 Å². The van der Waals surface area contributed by atoms with Crippen LogP contribution in [-0.2, 0) is 11.3 Å². The molecule has 2 aromatic carbocycles. The van der Waals surface area contributed by atoms with Gasteiger partial charge in [-0.1, -0.05) is 30.7 Å². The predicted molar refractivity (Wildman–Crippen MR) is 107 cm³/mol. The Morgan fingerprint density at radius 3 is 2.61 bits per heavy atom. The molecule has 0 bridgehead atoms. The number of aromatic nitrogens is 2. The predicted octanol–water partition coefficient (Wildman–Crippen LogP) is 2.86. The lowest BCUT2D eigenvalue weighted by atomic mass is 10.2. The number of hydrogen-bond donors (Lipinski definition) is 1. The van der Waals surface area contributed by atoms with Gasteiger partial charge in [0.05, 0.1) is 21.6 Å². The number of nitrogens with zero attached hydrogens (tertiary/aromatic N) is 2. The van der Waals surface area contributed by atoms with Crippen molar-refractivity contribution in [2.75, 3.05) is 0 Å². The lowest BCUT2D eigenvalue weighted by molar-refractivity contribution is -0.122. The van der Waals surface area contributed by atoms with Crippen LogP contribution < -0.4 is 16.6 Å². The van der Waals surface area contributed by atoms with Gasteiger partial charge in [-0.25, -0.2) is 13.8 Å². The summed E-state index contributed by atoms with van der Waals surface area (Å²) in [5.74, 6) is -1.00. The van der Waals surface area contributed by atoms with Crippen molar-refractivity contribution in [3.05, 3.63) is 74.1 Å². The van der Waals surface area contributed by atoms with Crippen LogP contribution in [0.2, 0.25) is 5.02 Å². The molecule has 146 valence electrons. The molecule has 0 aliphatic heterocycles. The fourth-order valence-electron chi connectivity index (χ4n) is 2.89. The maximum absolute atomic E-state index is 13.5. The van der Waals surface area contributed by atoms with Crippen molar-refractivity contribution in [2.45, 2.75) is 32.9 Å². The standard InChI is InChI=1S/C20H19ClFN3O3/c1-3-12(2)23-18(26)11-24-17-7-5-4-6-14(17)19(27)25(20(24)28)13-8-9-16(22)15(21)10-13/h4-10,12H,3,11H2,1-2H3,(H,23,26)/t12-/m0/s1. The van der Waals surface area contributed by atoms with E-state index in [1.165, 1.54) is 16.7 Å². The highest BCUT2D eigenvalue weighted by molar-refractivity contribution is 6.30. The number of rotatable bonds is 5. The second-order valence-corrected chi connectivity index (χ2v) is 6.91. The highest BCUT2D eigenvalue weighted by atomic mass is 35.5. The number of nitrogens with one attached hydrogen (secondary N) is 1. The molecule has 0 unspecified atom stereocenters. The molecule has 0 spiro atoms. The van der Waals surface area contributed by atoms with Gasteiger partial charge in [0.15, 0.2) is 0 Å². The number of carbonyl (C=O) groups is 1. The van der Waals surface area contributed by atoms with Crippen molar-refractivity contribution < 1.29 is 9.18 Å². The molecule has 28 heavy (non-hydrogen) atoms. The van der Waals surface area contributed by atoms with Crippen LogP contribution in [-0.4, -0.2) is 21.1 Å². The van der Waals surface area contributed by atoms with Crippen molar-refractivity contribution in [3.63, 3.8) is 0 Å². The van der Waals surface area contributed by atoms with Gasteiger partial charge in [-0.3, -0.25) is 14.2 Å². The minimum Gasteiger partial charge on any atom is -0.352 e. The molecule has 8 heteroatoms. The maximum Gasteiger partial charge on any atom is 0.336 e. The van der Waals surface area contributed by atoms with Crippen molar-refractivity contribution in [1.29, 1.82) is 0 Å². The molecule has 3 aromatic rings. The monoisotopic (exact) mass is 403 g/mol. The lowest BCUT2D eigenvalue weighted by Gasteiger charge is -2.16. The molecule has 1 atom stereocenters. The minimum absolute atomic E-state index is 0.0451. The second-order valence-electron chi connectivity index (χ2n) is 6.50. The molecule has 6 nitrogen and oxygen atoms in total. The smallest absolute Gasteiger partial charge is 0.336 e. The molecule has 0 saturated carbocycles. The zero-order valence-corrected chi connectivity index (χ0v) is 16.2. The zero-order valence-electron chi connectivity index (χ0n) is 15.4. The van der Waals surface area contributed by atoms with E-state index in [1.807, 2.05) is 13.8 Å². The minimum atomic E-state index is -0.703. The van der Waals surface area contributed by atoms with Crippen LogP contribution in [0.25, 0.3) is 16.6 Å². The van der Waals surface area contributed by atoms with Gasteiger partial charge in [0.2, 0.25) is 5.91 Å². The average molecular weight is 404 g/mol. The van der Waals surface area contributed by atoms with Gasteiger partial charge in [0.1, 0.15) is 12.4 Å². The highest BCUT2D eigenvalue weighted by Gasteiger charge is 2.17. The summed E-state index contributed by atoms with van der Waals surface area (Å²) in [6.07, 6.45) is 0.745. The largest absolute Gasteiger partial charge is 0.352 e. The Morgan fingerprint density at radius 2 is 1.93 bits per heavy atom. The summed E-state index contributed by atoms with van der Waals surface area (Å²) >= 11 is 5.82. The van der Waals surface area contributed by atoms with Crippen molar-refractivity contribution >= 4 is 28.4 Å². The fraction of sp³-hybridized carbons (Fsp3) is 0.250. The first-order chi connectivity index (χ1) is 13.3. The van der Waals surface area contributed by atoms with Gasteiger partial charge in [0, 0.05) is 6.04 Å². The van der Waals surface area contributed by atoms with E-state index in [0.29, 0.717) is 5.52 Å². The quantitative estimate of drug-likeness (QED) is 0.712. The van der Waals surface area contributed by atoms with E-state index in [9.17, 15) is 18.8 Å². The first-order valence-electron chi connectivity index (χ1n) is 8.82. The molecule has 0 fully saturated rings. The van der Waals surface area contributed by atoms with E-state index < -0.39 is 17.1 Å². The van der Waals surface area contributed by atoms with Crippen LogP contribution >= 0.6 is 11.6 Å². The molecular formula is C20H19ClFN3O3. The highest BCUT2D eigenvalue weighted by Crippen LogP contribution is 2.18. The average Bonchev–Trinajstić information content (AvgIpc) is 2.68. The van der Waals surface area contributed by atoms with Gasteiger partial charge in [0.25, 0.3) is 5.56 Å². The number of halogens is 2. The molecular weight excluding hydrogens is 385 g/mol. The molecule has 0 radical (unpaired) electrons. The van der Waals surface area contributed by atoms with E-state index in [2.05, 4.69) is 5.32 Å². The van der Waals surface area contributed by atoms with E-state index in [-0.39, 0.29) is 34.6 Å². The van der Waals surface area contributed by atoms with Gasteiger partial charge < -0.3 is 5.32 Å². The van der Waals surface area contributed by atoms with Crippen LogP contribution in [0.4, 0.5) is 4.39 Å². The van der Waals surface area contributed by atoms with Crippen molar-refractivity contribution in [1.82, 2.24) is 14.5 Å². The topological polar surface area (TPSA) is 73.1 Å². The fourth-order valence-corrected chi connectivity index (χ4v) is 3.07. The van der Waals surface area contributed by atoms with Gasteiger partial charge in [-0.15, -0.1) is 0 Å². The number of para-hydroxylation sites is 1. The molecule has 1 heterocycles. The van der Waals surface area contributed by atoms with Gasteiger partial charge in [-0.05, 0) is 43.7 Å². The third kappa shape index (κ3) is 3.71. The van der Waals surface area contributed by atoms with Crippen molar-refractivity contribution in [2.24, 2.45) is 0 Å². The number of fused-ring (bicyclic) bond motifs is 1. The number of benzene rings is 2. The summed E-state index contributed by atoms with van der Waals surface area (Å²) in [7, 11) is 0. The molecule has 3 rings (SSSR count). The van der Waals surface area contributed by atoms with Crippen LogP contribution in [0.5, 0.6) is 0 Å². The zero-order chi connectivity index (χ0) is 20.4. The van der Waals surface area contributed by atoms with E-state index in [4.69, 9.17) is 11.6 Å². The third-order valence-electron chi connectivity index (χ3n) is 4.53. The molecule has 0 aliphatic carbocycles. The molecule has 0 aliphatic rings. The van der Waals surface area contributed by atoms with Crippen LogP contribution in [0.15, 0.2) is 52.1 Å². The normalized spacial score (nSPS) is 12.1. The first kappa shape index (κ1) is 19.8. The Kier molecular flexibility index (Phi) is 5.65. The number of hydrogen-bond acceptors (Lipinski definition) is 3. The molecule has 1 aromatic heterocycles. The Balaban J connectivity index is 2.23. The Labute approximate surface area is 165 Å². The Morgan fingerprint density at radius 1 is 1.21 bits per heavy atom. The molecule has 1 N–H and O–H groups in total. The van der Waals surface area contributed by atoms with E-state index in [1.54, 1.807) is 24.3 Å². The summed E-state index contributed by atoms with van der Waals surface area (Å²) in [6, 6.07) is 10.1. The van der Waals surface area contributed by atoms with Gasteiger partial charge in [-0.2, -0.15) is 0 Å². The first-order valence-corrected chi connectivity index (χ1v) is 9.20. The maximum atomic E-state index is 13.5. The Bertz CT molecular complexity index is 1170. The lowest BCUT2D eigenvalue weighted by Crippen LogP contribution is -2.43. The number of carbonyl (C=O) groups excluding carboxylic acids is 1. The van der Waals surface area contributed by atoms with Crippen LogP contribution in [0.3, 0.4) is 0 Å². The van der Waals surface area contributed by atoms with Gasteiger partial charge >= 0.3 is 5.69 Å². The molecule has 0 saturated heterocycles. The van der Waals surface area contributed by atoms with Crippen molar-refractivity contribution in [3.8, 4) is 5.69 Å². The Hall–Kier alpha value is -2.93. The van der Waals surface area contributed by atoms with Crippen LogP contribution in [0, 0.1) is 5.82 Å². The van der Waals surface area contributed by atoms with E-state index >= 15 is 0 Å². The summed E-state index contributed by atoms with van der Waals surface area (Å²) in [5, 5.41) is 2.86. The summed E-state index contributed by atoms with van der Waals surface area (Å²) in [4.78, 5) is 38.4. The number of amides is 1. The summed E-state index contributed by atoms with van der Waals surface area (Å²) in [5.41, 5.74) is -0.794. The summed E-state index contributed by atoms with van der Waals surface area (Å²) in [6.45, 7) is 3.55. The SMILES string of the molecule is CC[C@H](C)NC(=O)Cn1c(=O)n(-c2ccc(F)c(Cl)c2)c(=O)c2ccccc21. The summed E-state index contributed by atoms with van der Waals surface area (Å²) < 4.78 is 15.6.